The van der Waals surface area contributed by atoms with E-state index in [0.717, 1.165) is 10.5 Å². The van der Waals surface area contributed by atoms with Gasteiger partial charge in [-0.25, -0.2) is 13.6 Å². The Bertz CT molecular complexity index is 770. The molecule has 0 heterocycles. The number of carbonyl (C=O) groups excluding carboxylic acids is 1. The molecule has 122 valence electrons. The Morgan fingerprint density at radius 1 is 1.09 bits per heavy atom. The number of primary sulfonamides is 1. The van der Waals surface area contributed by atoms with E-state index in [4.69, 9.17) is 5.14 Å². The number of aryl methyl sites for hydroxylation is 1. The van der Waals surface area contributed by atoms with Crippen LogP contribution in [0.2, 0.25) is 0 Å². The molecular weight excluding hydrogens is 332 g/mol. The van der Waals surface area contributed by atoms with Crippen molar-refractivity contribution in [2.75, 3.05) is 5.75 Å². The van der Waals surface area contributed by atoms with Gasteiger partial charge in [-0.05, 0) is 36.8 Å². The van der Waals surface area contributed by atoms with Gasteiger partial charge in [-0.1, -0.05) is 29.8 Å². The van der Waals surface area contributed by atoms with E-state index in [0.29, 0.717) is 12.3 Å². The average molecular weight is 350 g/mol. The van der Waals surface area contributed by atoms with Gasteiger partial charge in [0.2, 0.25) is 15.9 Å². The molecule has 3 N–H and O–H groups in total. The largest absolute Gasteiger partial charge is 0.351 e. The summed E-state index contributed by atoms with van der Waals surface area (Å²) in [7, 11) is -3.68. The summed E-state index contributed by atoms with van der Waals surface area (Å²) in [5.41, 5.74) is 1.99. The number of amides is 1. The van der Waals surface area contributed by atoms with Crippen molar-refractivity contribution in [1.82, 2.24) is 5.32 Å². The molecule has 2 aromatic carbocycles. The van der Waals surface area contributed by atoms with Crippen molar-refractivity contribution in [1.29, 1.82) is 0 Å². The van der Waals surface area contributed by atoms with Gasteiger partial charge in [-0.3, -0.25) is 4.79 Å². The maximum absolute atomic E-state index is 11.8. The Kier molecular flexibility index (Phi) is 5.81. The minimum Gasteiger partial charge on any atom is -0.351 e. The number of carbonyl (C=O) groups is 1. The molecule has 0 radical (unpaired) electrons. The van der Waals surface area contributed by atoms with Crippen LogP contribution in [-0.4, -0.2) is 20.1 Å². The van der Waals surface area contributed by atoms with Gasteiger partial charge in [0, 0.05) is 11.4 Å². The van der Waals surface area contributed by atoms with Crippen molar-refractivity contribution < 1.29 is 13.2 Å². The number of rotatable bonds is 6. The highest BCUT2D eigenvalue weighted by molar-refractivity contribution is 8.00. The van der Waals surface area contributed by atoms with E-state index in [-0.39, 0.29) is 10.8 Å². The van der Waals surface area contributed by atoms with Crippen molar-refractivity contribution in [2.24, 2.45) is 5.14 Å². The second kappa shape index (κ2) is 7.63. The minimum atomic E-state index is -3.68. The summed E-state index contributed by atoms with van der Waals surface area (Å²) >= 11 is 1.47. The first-order valence-electron chi connectivity index (χ1n) is 6.92. The molecule has 7 heteroatoms. The van der Waals surface area contributed by atoms with E-state index < -0.39 is 10.0 Å². The number of thioether (sulfide) groups is 1. The highest BCUT2D eigenvalue weighted by Crippen LogP contribution is 2.17. The fourth-order valence-electron chi connectivity index (χ4n) is 1.83. The molecule has 0 bridgehead atoms. The summed E-state index contributed by atoms with van der Waals surface area (Å²) in [5, 5.41) is 7.83. The Balaban J connectivity index is 1.81. The quantitative estimate of drug-likeness (QED) is 0.780. The summed E-state index contributed by atoms with van der Waals surface area (Å²) in [5.74, 6) is 0.254. The number of sulfonamides is 1. The Labute approximate surface area is 140 Å². The minimum absolute atomic E-state index is 0.0579. The first-order valence-corrected chi connectivity index (χ1v) is 9.46. The van der Waals surface area contributed by atoms with Gasteiger partial charge < -0.3 is 5.32 Å². The van der Waals surface area contributed by atoms with Crippen LogP contribution >= 0.6 is 11.8 Å². The number of nitrogens with two attached hydrogens (primary N) is 1. The van der Waals surface area contributed by atoms with Crippen molar-refractivity contribution in [3.8, 4) is 0 Å². The first-order chi connectivity index (χ1) is 10.8. The van der Waals surface area contributed by atoms with Crippen LogP contribution in [0.15, 0.2) is 58.3 Å². The second-order valence-electron chi connectivity index (χ2n) is 5.07. The summed E-state index contributed by atoms with van der Waals surface area (Å²) in [4.78, 5) is 12.9. The molecule has 2 rings (SSSR count). The lowest BCUT2D eigenvalue weighted by Gasteiger charge is -2.06. The maximum atomic E-state index is 11.8. The summed E-state index contributed by atoms with van der Waals surface area (Å²) in [6, 6.07) is 14.1. The molecule has 0 fully saturated rings. The van der Waals surface area contributed by atoms with Gasteiger partial charge in [0.15, 0.2) is 0 Å². The van der Waals surface area contributed by atoms with E-state index in [1.165, 1.54) is 29.5 Å². The van der Waals surface area contributed by atoms with Crippen LogP contribution in [-0.2, 0) is 21.4 Å². The van der Waals surface area contributed by atoms with Crippen LogP contribution in [0.25, 0.3) is 0 Å². The molecule has 0 aliphatic heterocycles. The van der Waals surface area contributed by atoms with Crippen LogP contribution in [0.4, 0.5) is 0 Å². The zero-order chi connectivity index (χ0) is 16.9. The SMILES string of the molecule is Cc1ccc(SCC(=O)NCc2ccc(S(N)(=O)=O)cc2)cc1. The third-order valence-corrected chi connectivity index (χ3v) is 5.07. The first kappa shape index (κ1) is 17.5. The van der Waals surface area contributed by atoms with Crippen LogP contribution in [0, 0.1) is 6.92 Å². The predicted octanol–water partition coefficient (Wildman–Crippen LogP) is 2.05. The molecule has 0 atom stereocenters. The molecule has 1 amide bonds. The van der Waals surface area contributed by atoms with Gasteiger partial charge in [-0.15, -0.1) is 11.8 Å². The second-order valence-corrected chi connectivity index (χ2v) is 7.68. The smallest absolute Gasteiger partial charge is 0.238 e. The van der Waals surface area contributed by atoms with Crippen molar-refractivity contribution in [3.63, 3.8) is 0 Å². The van der Waals surface area contributed by atoms with E-state index in [9.17, 15) is 13.2 Å². The normalized spacial score (nSPS) is 11.2. The van der Waals surface area contributed by atoms with Crippen LogP contribution in [0.1, 0.15) is 11.1 Å². The van der Waals surface area contributed by atoms with Crippen LogP contribution in [0.3, 0.4) is 0 Å². The van der Waals surface area contributed by atoms with E-state index in [2.05, 4.69) is 5.32 Å². The highest BCUT2D eigenvalue weighted by Gasteiger charge is 2.07. The molecule has 2 aromatic rings. The van der Waals surface area contributed by atoms with Gasteiger partial charge in [0.05, 0.1) is 10.6 Å². The third kappa shape index (κ3) is 5.70. The standard InChI is InChI=1S/C16H18N2O3S2/c1-12-2-6-14(7-3-12)22-11-16(19)18-10-13-4-8-15(9-5-13)23(17,20)21/h2-9H,10-11H2,1H3,(H,18,19)(H2,17,20,21). The van der Waals surface area contributed by atoms with Crippen molar-refractivity contribution in [3.05, 3.63) is 59.7 Å². The van der Waals surface area contributed by atoms with E-state index in [1.807, 2.05) is 31.2 Å². The summed E-state index contributed by atoms with van der Waals surface area (Å²) in [6.07, 6.45) is 0. The highest BCUT2D eigenvalue weighted by atomic mass is 32.2. The maximum Gasteiger partial charge on any atom is 0.238 e. The number of nitrogens with one attached hydrogen (secondary N) is 1. The van der Waals surface area contributed by atoms with E-state index >= 15 is 0 Å². The van der Waals surface area contributed by atoms with Gasteiger partial charge in [-0.2, -0.15) is 0 Å². The molecule has 23 heavy (non-hydrogen) atoms. The molecule has 0 unspecified atom stereocenters. The summed E-state index contributed by atoms with van der Waals surface area (Å²) in [6.45, 7) is 2.36. The lowest BCUT2D eigenvalue weighted by atomic mass is 10.2. The molecule has 0 aliphatic carbocycles. The topological polar surface area (TPSA) is 89.3 Å². The molecule has 0 spiro atoms. The van der Waals surface area contributed by atoms with Gasteiger partial charge >= 0.3 is 0 Å². The number of hydrogen-bond donors (Lipinski definition) is 2. The zero-order valence-electron chi connectivity index (χ0n) is 12.7. The lowest BCUT2D eigenvalue weighted by molar-refractivity contribution is -0.118. The predicted molar refractivity (Wildman–Crippen MR) is 91.6 cm³/mol. The van der Waals surface area contributed by atoms with Gasteiger partial charge in [0.25, 0.3) is 0 Å². The molecular formula is C16H18N2O3S2. The fraction of sp³-hybridized carbons (Fsp3) is 0.188. The fourth-order valence-corrected chi connectivity index (χ4v) is 3.08. The molecule has 5 nitrogen and oxygen atoms in total. The molecule has 0 saturated heterocycles. The van der Waals surface area contributed by atoms with Crippen LogP contribution < -0.4 is 10.5 Å². The van der Waals surface area contributed by atoms with Crippen LogP contribution in [0.5, 0.6) is 0 Å². The molecule has 0 aromatic heterocycles. The van der Waals surface area contributed by atoms with Gasteiger partial charge in [0.1, 0.15) is 0 Å². The van der Waals surface area contributed by atoms with E-state index in [1.54, 1.807) is 12.1 Å². The average Bonchev–Trinajstić information content (AvgIpc) is 2.52. The zero-order valence-corrected chi connectivity index (χ0v) is 14.3. The van der Waals surface area contributed by atoms with Crippen molar-refractivity contribution >= 4 is 27.7 Å². The third-order valence-electron chi connectivity index (χ3n) is 3.13. The number of hydrogen-bond acceptors (Lipinski definition) is 4. The molecule has 0 aliphatic rings. The monoisotopic (exact) mass is 350 g/mol. The Morgan fingerprint density at radius 2 is 1.70 bits per heavy atom. The van der Waals surface area contributed by atoms with Crippen molar-refractivity contribution in [2.45, 2.75) is 23.3 Å². The number of benzene rings is 2. The Hall–Kier alpha value is -1.83. The summed E-state index contributed by atoms with van der Waals surface area (Å²) < 4.78 is 22.3. The Morgan fingerprint density at radius 3 is 2.26 bits per heavy atom. The molecule has 0 saturated carbocycles. The lowest BCUT2D eigenvalue weighted by Crippen LogP contribution is -2.24.